The zero-order valence-electron chi connectivity index (χ0n) is 17.0. The van der Waals surface area contributed by atoms with Crippen LogP contribution < -0.4 is 19.5 Å². The van der Waals surface area contributed by atoms with Crippen LogP contribution in [0.4, 0.5) is 5.69 Å². The molecule has 0 bridgehead atoms. The summed E-state index contributed by atoms with van der Waals surface area (Å²) < 4.78 is 21.3. The van der Waals surface area contributed by atoms with Crippen LogP contribution in [-0.4, -0.2) is 39.8 Å². The fourth-order valence-electron chi connectivity index (χ4n) is 2.78. The van der Waals surface area contributed by atoms with Gasteiger partial charge in [-0.25, -0.2) is 4.79 Å². The van der Waals surface area contributed by atoms with Gasteiger partial charge in [-0.05, 0) is 39.5 Å². The molecule has 8 heteroatoms. The number of ether oxygens (including phenoxy) is 4. The first-order valence-electron chi connectivity index (χ1n) is 8.88. The fourth-order valence-corrected chi connectivity index (χ4v) is 3.40. The molecule has 0 radical (unpaired) electrons. The van der Waals surface area contributed by atoms with E-state index in [4.69, 9.17) is 18.9 Å². The molecule has 0 unspecified atom stereocenters. The van der Waals surface area contributed by atoms with Crippen molar-refractivity contribution in [2.45, 2.75) is 19.8 Å². The Hall–Kier alpha value is -2.74. The number of anilines is 1. The van der Waals surface area contributed by atoms with Gasteiger partial charge in [0.25, 0.3) is 5.91 Å². The number of carbonyl (C=O) groups is 2. The van der Waals surface area contributed by atoms with Crippen LogP contribution >= 0.6 is 15.9 Å². The van der Waals surface area contributed by atoms with Crippen molar-refractivity contribution in [3.8, 4) is 17.2 Å². The summed E-state index contributed by atoms with van der Waals surface area (Å²) in [6, 6.07) is 8.96. The highest BCUT2D eigenvalue weighted by Gasteiger charge is 2.24. The van der Waals surface area contributed by atoms with Crippen molar-refractivity contribution in [3.05, 3.63) is 45.9 Å². The van der Waals surface area contributed by atoms with Crippen LogP contribution in [-0.2, 0) is 9.53 Å². The number of methoxy groups -OCH3 is 3. The number of nitrogens with one attached hydrogen (secondary N) is 1. The lowest BCUT2D eigenvalue weighted by molar-refractivity contribution is -0.119. The molecule has 1 N–H and O–H groups in total. The Morgan fingerprint density at radius 2 is 1.69 bits per heavy atom. The van der Waals surface area contributed by atoms with Gasteiger partial charge in [-0.2, -0.15) is 0 Å². The molecule has 7 nitrogen and oxygen atoms in total. The molecule has 0 aliphatic heterocycles. The molecule has 29 heavy (non-hydrogen) atoms. The molecular weight excluding hydrogens is 442 g/mol. The van der Waals surface area contributed by atoms with E-state index < -0.39 is 18.5 Å². The van der Waals surface area contributed by atoms with Crippen molar-refractivity contribution in [2.75, 3.05) is 33.3 Å². The number of halogens is 1. The average molecular weight is 466 g/mol. The third kappa shape index (κ3) is 5.20. The minimum absolute atomic E-state index is 0.148. The number of benzene rings is 2. The van der Waals surface area contributed by atoms with E-state index in [0.717, 1.165) is 5.56 Å². The Labute approximate surface area is 178 Å². The summed E-state index contributed by atoms with van der Waals surface area (Å²) in [5, 5.41) is 2.78. The molecule has 0 aliphatic rings. The maximum absolute atomic E-state index is 12.5. The normalized spacial score (nSPS) is 10.4. The zero-order valence-corrected chi connectivity index (χ0v) is 18.6. The highest BCUT2D eigenvalue weighted by molar-refractivity contribution is 9.10. The van der Waals surface area contributed by atoms with Gasteiger partial charge in [-0.15, -0.1) is 0 Å². The number of para-hydroxylation sites is 1. The van der Waals surface area contributed by atoms with E-state index in [-0.39, 0.29) is 17.2 Å². The minimum Gasteiger partial charge on any atom is -0.493 e. The number of rotatable bonds is 8. The Kier molecular flexibility index (Phi) is 7.90. The van der Waals surface area contributed by atoms with Crippen molar-refractivity contribution in [1.29, 1.82) is 0 Å². The van der Waals surface area contributed by atoms with Gasteiger partial charge >= 0.3 is 5.97 Å². The molecule has 2 aromatic rings. The maximum Gasteiger partial charge on any atom is 0.340 e. The number of hydrogen-bond acceptors (Lipinski definition) is 6. The topological polar surface area (TPSA) is 83.1 Å². The van der Waals surface area contributed by atoms with Crippen LogP contribution in [0.1, 0.15) is 35.7 Å². The van der Waals surface area contributed by atoms with E-state index in [9.17, 15) is 9.59 Å². The standard InChI is InChI=1S/C21H24BrNO6/c1-12(2)13-8-6-7-9-15(13)23-17(24)11-29-21(25)14-10-16(26-3)19(27-4)20(28-5)18(14)22/h6-10,12H,11H2,1-5H3,(H,23,24). The van der Waals surface area contributed by atoms with E-state index in [1.807, 2.05) is 38.1 Å². The van der Waals surface area contributed by atoms with Crippen LogP contribution in [0.15, 0.2) is 34.8 Å². The SMILES string of the molecule is COc1cc(C(=O)OCC(=O)Nc2ccccc2C(C)C)c(Br)c(OC)c1OC. The fraction of sp³-hybridized carbons (Fsp3) is 0.333. The second kappa shape index (κ2) is 10.2. The third-order valence-corrected chi connectivity index (χ3v) is 4.97. The zero-order chi connectivity index (χ0) is 21.6. The second-order valence-electron chi connectivity index (χ2n) is 6.37. The van der Waals surface area contributed by atoms with Crippen LogP contribution in [0, 0.1) is 0 Å². The summed E-state index contributed by atoms with van der Waals surface area (Å²) in [4.78, 5) is 24.8. The quantitative estimate of drug-likeness (QED) is 0.581. The first kappa shape index (κ1) is 22.5. The van der Waals surface area contributed by atoms with Crippen molar-refractivity contribution >= 4 is 33.5 Å². The highest BCUT2D eigenvalue weighted by atomic mass is 79.9. The summed E-state index contributed by atoms with van der Waals surface area (Å²) >= 11 is 3.32. The molecule has 0 aromatic heterocycles. The van der Waals surface area contributed by atoms with Gasteiger partial charge < -0.3 is 24.3 Å². The van der Waals surface area contributed by atoms with Gasteiger partial charge in [-0.3, -0.25) is 4.79 Å². The first-order valence-corrected chi connectivity index (χ1v) is 9.67. The Bertz CT molecular complexity index is 897. The van der Waals surface area contributed by atoms with Gasteiger partial charge in [0.05, 0.1) is 31.4 Å². The number of carbonyl (C=O) groups excluding carboxylic acids is 2. The van der Waals surface area contributed by atoms with Gasteiger partial charge in [0.1, 0.15) is 0 Å². The largest absolute Gasteiger partial charge is 0.493 e. The summed E-state index contributed by atoms with van der Waals surface area (Å²) in [6.07, 6.45) is 0. The molecule has 2 aromatic carbocycles. The van der Waals surface area contributed by atoms with Gasteiger partial charge in [0.15, 0.2) is 18.1 Å². The predicted octanol–water partition coefficient (Wildman–Crippen LogP) is 4.39. The molecule has 0 atom stereocenters. The molecule has 1 amide bonds. The molecule has 0 spiro atoms. The Morgan fingerprint density at radius 1 is 1.03 bits per heavy atom. The van der Waals surface area contributed by atoms with Gasteiger partial charge in [0, 0.05) is 5.69 Å². The lowest BCUT2D eigenvalue weighted by Gasteiger charge is -2.16. The lowest BCUT2D eigenvalue weighted by Crippen LogP contribution is -2.22. The second-order valence-corrected chi connectivity index (χ2v) is 7.17. The summed E-state index contributed by atoms with van der Waals surface area (Å²) in [7, 11) is 4.35. The van der Waals surface area contributed by atoms with E-state index in [1.54, 1.807) is 0 Å². The molecule has 0 saturated heterocycles. The molecule has 156 valence electrons. The maximum atomic E-state index is 12.5. The minimum atomic E-state index is -0.705. The van der Waals surface area contributed by atoms with Crippen LogP contribution in [0.5, 0.6) is 17.2 Å². The van der Waals surface area contributed by atoms with Crippen LogP contribution in [0.2, 0.25) is 0 Å². The average Bonchev–Trinajstić information content (AvgIpc) is 2.71. The molecular formula is C21H24BrNO6. The summed E-state index contributed by atoms with van der Waals surface area (Å²) in [6.45, 7) is 3.63. The predicted molar refractivity (Wildman–Crippen MR) is 113 cm³/mol. The van der Waals surface area contributed by atoms with Crippen molar-refractivity contribution in [2.24, 2.45) is 0 Å². The summed E-state index contributed by atoms with van der Waals surface area (Å²) in [5.41, 5.74) is 1.84. The first-order chi connectivity index (χ1) is 13.8. The van der Waals surface area contributed by atoms with Crippen LogP contribution in [0.25, 0.3) is 0 Å². The molecule has 0 heterocycles. The van der Waals surface area contributed by atoms with E-state index in [0.29, 0.717) is 21.7 Å². The Morgan fingerprint density at radius 3 is 2.28 bits per heavy atom. The third-order valence-electron chi connectivity index (χ3n) is 4.18. The van der Waals surface area contributed by atoms with Gasteiger partial charge in [-0.1, -0.05) is 32.0 Å². The Balaban J connectivity index is 2.14. The van der Waals surface area contributed by atoms with Crippen molar-refractivity contribution in [3.63, 3.8) is 0 Å². The number of amides is 1. The molecule has 0 aliphatic carbocycles. The number of hydrogen-bond donors (Lipinski definition) is 1. The lowest BCUT2D eigenvalue weighted by atomic mass is 10.0. The van der Waals surface area contributed by atoms with Crippen LogP contribution in [0.3, 0.4) is 0 Å². The smallest absolute Gasteiger partial charge is 0.340 e. The molecule has 2 rings (SSSR count). The van der Waals surface area contributed by atoms with E-state index >= 15 is 0 Å². The van der Waals surface area contributed by atoms with E-state index in [1.165, 1.54) is 27.4 Å². The monoisotopic (exact) mass is 465 g/mol. The van der Waals surface area contributed by atoms with E-state index in [2.05, 4.69) is 21.2 Å². The van der Waals surface area contributed by atoms with Crippen molar-refractivity contribution in [1.82, 2.24) is 0 Å². The van der Waals surface area contributed by atoms with Gasteiger partial charge in [0.2, 0.25) is 5.75 Å². The summed E-state index contributed by atoms with van der Waals surface area (Å²) in [5.74, 6) is 0.0213. The number of esters is 1. The molecule has 0 fully saturated rings. The molecule has 0 saturated carbocycles. The highest BCUT2D eigenvalue weighted by Crippen LogP contribution is 2.44. The van der Waals surface area contributed by atoms with Crippen molar-refractivity contribution < 1.29 is 28.5 Å².